The minimum absolute atomic E-state index is 0.0243. The first kappa shape index (κ1) is 20.5. The van der Waals surface area contributed by atoms with Gasteiger partial charge in [0.25, 0.3) is 0 Å². The molecule has 0 saturated heterocycles. The van der Waals surface area contributed by atoms with Crippen LogP contribution in [0.25, 0.3) is 0 Å². The summed E-state index contributed by atoms with van der Waals surface area (Å²) in [7, 11) is 3.30. The molecule has 1 heterocycles. The van der Waals surface area contributed by atoms with Crippen LogP contribution in [-0.4, -0.2) is 51.8 Å². The van der Waals surface area contributed by atoms with Crippen LogP contribution in [0.3, 0.4) is 0 Å². The first-order valence-corrected chi connectivity index (χ1v) is 9.75. The molecule has 3 rings (SSSR count). The van der Waals surface area contributed by atoms with Crippen LogP contribution >= 0.6 is 0 Å². The summed E-state index contributed by atoms with van der Waals surface area (Å²) in [5.74, 6) is 1.96. The molecule has 7 nitrogen and oxygen atoms in total. The van der Waals surface area contributed by atoms with Crippen LogP contribution in [0.5, 0.6) is 11.5 Å². The van der Waals surface area contributed by atoms with E-state index >= 15 is 0 Å². The molecule has 1 unspecified atom stereocenters. The highest BCUT2D eigenvalue weighted by molar-refractivity contribution is 5.98. The molecule has 1 aliphatic rings. The number of aliphatic imine (C=N–C) groups is 1. The number of rotatable bonds is 7. The van der Waals surface area contributed by atoms with Crippen molar-refractivity contribution < 1.29 is 14.3 Å². The Morgan fingerprint density at radius 3 is 2.62 bits per heavy atom. The quantitative estimate of drug-likeness (QED) is 0.554. The number of guanidine groups is 1. The predicted octanol–water partition coefficient (Wildman–Crippen LogP) is 2.22. The van der Waals surface area contributed by atoms with Crippen molar-refractivity contribution in [2.24, 2.45) is 4.99 Å². The molecule has 7 heteroatoms. The minimum Gasteiger partial charge on any atom is -0.493 e. The minimum atomic E-state index is -0.119. The van der Waals surface area contributed by atoms with Crippen molar-refractivity contribution >= 4 is 17.6 Å². The maximum atomic E-state index is 12.6. The highest BCUT2D eigenvalue weighted by Gasteiger charge is 2.23. The molecule has 0 aromatic heterocycles. The summed E-state index contributed by atoms with van der Waals surface area (Å²) in [5.41, 5.74) is 2.21. The van der Waals surface area contributed by atoms with Crippen LogP contribution in [0.4, 0.5) is 5.69 Å². The summed E-state index contributed by atoms with van der Waals surface area (Å²) in [4.78, 5) is 18.6. The zero-order chi connectivity index (χ0) is 20.6. The lowest BCUT2D eigenvalue weighted by Crippen LogP contribution is -2.46. The molecular formula is C22H28N4O3. The summed E-state index contributed by atoms with van der Waals surface area (Å²) in [5, 5.41) is 6.28. The fourth-order valence-corrected chi connectivity index (χ4v) is 3.29. The Bertz CT molecular complexity index is 869. The van der Waals surface area contributed by atoms with Crippen molar-refractivity contribution in [3.05, 3.63) is 54.1 Å². The number of benzene rings is 2. The van der Waals surface area contributed by atoms with Crippen LogP contribution in [0.15, 0.2) is 53.5 Å². The van der Waals surface area contributed by atoms with Crippen molar-refractivity contribution in [3.8, 4) is 11.5 Å². The van der Waals surface area contributed by atoms with Gasteiger partial charge in [0.15, 0.2) is 17.5 Å². The predicted molar refractivity (Wildman–Crippen MR) is 115 cm³/mol. The Balaban J connectivity index is 1.47. The standard InChI is InChI=1S/C22H28N4O3/c1-16(29-20-11-7-6-10-19(20)28-3)14-24-22(23-2)25-15-21(27)26-13-12-17-8-4-5-9-18(17)26/h4-11,16H,12-15H2,1-3H3,(H2,23,24,25). The number of carbonyl (C=O) groups is 1. The van der Waals surface area contributed by atoms with Gasteiger partial charge >= 0.3 is 0 Å². The van der Waals surface area contributed by atoms with E-state index < -0.39 is 0 Å². The van der Waals surface area contributed by atoms with E-state index in [2.05, 4.69) is 21.7 Å². The van der Waals surface area contributed by atoms with Gasteiger partial charge in [-0.25, -0.2) is 0 Å². The van der Waals surface area contributed by atoms with E-state index in [-0.39, 0.29) is 18.6 Å². The van der Waals surface area contributed by atoms with E-state index in [0.29, 0.717) is 24.0 Å². The SMILES string of the molecule is CN=C(NCC(=O)N1CCc2ccccc21)NCC(C)Oc1ccccc1OC. The average Bonchev–Trinajstić information content (AvgIpc) is 3.18. The summed E-state index contributed by atoms with van der Waals surface area (Å²) in [6.07, 6.45) is 0.776. The van der Waals surface area contributed by atoms with E-state index in [1.54, 1.807) is 14.2 Å². The number of methoxy groups -OCH3 is 1. The molecule has 0 radical (unpaired) electrons. The summed E-state index contributed by atoms with van der Waals surface area (Å²) in [6, 6.07) is 15.6. The number of hydrogen-bond donors (Lipinski definition) is 2. The Hall–Kier alpha value is -3.22. The van der Waals surface area contributed by atoms with E-state index in [4.69, 9.17) is 9.47 Å². The maximum Gasteiger partial charge on any atom is 0.246 e. The molecular weight excluding hydrogens is 368 g/mol. The molecule has 0 aliphatic carbocycles. The Morgan fingerprint density at radius 1 is 1.14 bits per heavy atom. The number of para-hydroxylation sites is 3. The van der Waals surface area contributed by atoms with Gasteiger partial charge in [-0.05, 0) is 37.1 Å². The maximum absolute atomic E-state index is 12.6. The van der Waals surface area contributed by atoms with E-state index in [0.717, 1.165) is 18.7 Å². The third-order valence-electron chi connectivity index (χ3n) is 4.77. The van der Waals surface area contributed by atoms with Gasteiger partial charge in [-0.3, -0.25) is 9.79 Å². The molecule has 0 saturated carbocycles. The zero-order valence-electron chi connectivity index (χ0n) is 17.1. The second-order valence-corrected chi connectivity index (χ2v) is 6.81. The highest BCUT2D eigenvalue weighted by Crippen LogP contribution is 2.27. The normalized spacial score (nSPS) is 14.2. The number of hydrogen-bond acceptors (Lipinski definition) is 4. The van der Waals surface area contributed by atoms with Gasteiger partial charge in [0.05, 0.1) is 20.2 Å². The third kappa shape index (κ3) is 5.19. The number of carbonyl (C=O) groups excluding carboxylic acids is 1. The largest absolute Gasteiger partial charge is 0.493 e. The topological polar surface area (TPSA) is 75.2 Å². The molecule has 29 heavy (non-hydrogen) atoms. The number of amides is 1. The number of ether oxygens (including phenoxy) is 2. The Labute approximate surface area is 171 Å². The lowest BCUT2D eigenvalue weighted by Gasteiger charge is -2.20. The molecule has 2 aromatic rings. The number of anilines is 1. The summed E-state index contributed by atoms with van der Waals surface area (Å²) < 4.78 is 11.2. The van der Waals surface area contributed by atoms with Crippen molar-refractivity contribution in [1.82, 2.24) is 10.6 Å². The molecule has 0 spiro atoms. The number of nitrogens with one attached hydrogen (secondary N) is 2. The summed E-state index contributed by atoms with van der Waals surface area (Å²) >= 11 is 0. The summed E-state index contributed by atoms with van der Waals surface area (Å²) in [6.45, 7) is 3.38. The van der Waals surface area contributed by atoms with E-state index in [9.17, 15) is 4.79 Å². The Morgan fingerprint density at radius 2 is 1.86 bits per heavy atom. The third-order valence-corrected chi connectivity index (χ3v) is 4.77. The van der Waals surface area contributed by atoms with Gasteiger partial charge in [-0.1, -0.05) is 30.3 Å². The molecule has 0 fully saturated rings. The van der Waals surface area contributed by atoms with Gasteiger partial charge in [0, 0.05) is 19.3 Å². The highest BCUT2D eigenvalue weighted by atomic mass is 16.5. The number of nitrogens with zero attached hydrogens (tertiary/aromatic N) is 2. The molecule has 2 aromatic carbocycles. The van der Waals surface area contributed by atoms with Crippen molar-refractivity contribution in [1.29, 1.82) is 0 Å². The number of fused-ring (bicyclic) bond motifs is 1. The smallest absolute Gasteiger partial charge is 0.246 e. The van der Waals surface area contributed by atoms with Crippen LogP contribution in [0, 0.1) is 0 Å². The second-order valence-electron chi connectivity index (χ2n) is 6.81. The van der Waals surface area contributed by atoms with E-state index in [1.807, 2.05) is 54.3 Å². The molecule has 2 N–H and O–H groups in total. The first-order chi connectivity index (χ1) is 14.1. The first-order valence-electron chi connectivity index (χ1n) is 9.75. The van der Waals surface area contributed by atoms with Crippen LogP contribution < -0.4 is 25.0 Å². The Kier molecular flexibility index (Phi) is 6.94. The second kappa shape index (κ2) is 9.82. The molecule has 1 amide bonds. The zero-order valence-corrected chi connectivity index (χ0v) is 17.1. The van der Waals surface area contributed by atoms with Crippen LogP contribution in [-0.2, 0) is 11.2 Å². The lowest BCUT2D eigenvalue weighted by atomic mass is 10.2. The van der Waals surface area contributed by atoms with Crippen molar-refractivity contribution in [2.75, 3.05) is 38.7 Å². The van der Waals surface area contributed by atoms with Gasteiger partial charge in [0.2, 0.25) is 5.91 Å². The molecule has 1 atom stereocenters. The molecule has 154 valence electrons. The lowest BCUT2D eigenvalue weighted by molar-refractivity contribution is -0.117. The van der Waals surface area contributed by atoms with Gasteiger partial charge in [-0.2, -0.15) is 0 Å². The average molecular weight is 396 g/mol. The van der Waals surface area contributed by atoms with Gasteiger partial charge in [-0.15, -0.1) is 0 Å². The van der Waals surface area contributed by atoms with Crippen molar-refractivity contribution in [2.45, 2.75) is 19.4 Å². The van der Waals surface area contributed by atoms with Crippen LogP contribution in [0.2, 0.25) is 0 Å². The van der Waals surface area contributed by atoms with Gasteiger partial charge < -0.3 is 25.0 Å². The molecule has 1 aliphatic heterocycles. The molecule has 0 bridgehead atoms. The fourth-order valence-electron chi connectivity index (χ4n) is 3.29. The monoisotopic (exact) mass is 396 g/mol. The van der Waals surface area contributed by atoms with Crippen molar-refractivity contribution in [3.63, 3.8) is 0 Å². The van der Waals surface area contributed by atoms with Crippen LogP contribution in [0.1, 0.15) is 12.5 Å². The van der Waals surface area contributed by atoms with E-state index in [1.165, 1.54) is 5.56 Å². The fraction of sp³-hybridized carbons (Fsp3) is 0.364. The van der Waals surface area contributed by atoms with Gasteiger partial charge in [0.1, 0.15) is 6.10 Å².